The number of likely N-dealkylation sites (N-methyl/N-ethyl adjacent to an activating group) is 2. The lowest BCUT2D eigenvalue weighted by molar-refractivity contribution is -0.127. The van der Waals surface area contributed by atoms with Crippen LogP contribution in [0, 0.1) is 0 Å². The van der Waals surface area contributed by atoms with E-state index in [0.29, 0.717) is 25.4 Å². The van der Waals surface area contributed by atoms with Crippen LogP contribution >= 0.6 is 0 Å². The predicted octanol–water partition coefficient (Wildman–Crippen LogP) is 1.74. The van der Waals surface area contributed by atoms with E-state index >= 15 is 0 Å². The second kappa shape index (κ2) is 8.26. The highest BCUT2D eigenvalue weighted by molar-refractivity contribution is 5.73. The van der Waals surface area contributed by atoms with E-state index in [1.54, 1.807) is 38.2 Å². The van der Waals surface area contributed by atoms with E-state index in [1.165, 1.54) is 11.8 Å². The van der Waals surface area contributed by atoms with Crippen molar-refractivity contribution in [2.75, 3.05) is 34.3 Å². The zero-order valence-corrected chi connectivity index (χ0v) is 13.0. The van der Waals surface area contributed by atoms with E-state index in [2.05, 4.69) is 0 Å². The molecular weight excluding hydrogens is 272 g/mol. The fourth-order valence-corrected chi connectivity index (χ4v) is 1.55. The minimum atomic E-state index is -0.452. The van der Waals surface area contributed by atoms with Crippen molar-refractivity contribution in [1.29, 1.82) is 0 Å². The van der Waals surface area contributed by atoms with E-state index in [1.807, 2.05) is 12.1 Å². The summed E-state index contributed by atoms with van der Waals surface area (Å²) in [6, 6.07) is 7.13. The van der Waals surface area contributed by atoms with Gasteiger partial charge in [0, 0.05) is 41.2 Å². The van der Waals surface area contributed by atoms with Gasteiger partial charge >= 0.3 is 6.09 Å². The van der Waals surface area contributed by atoms with E-state index in [9.17, 15) is 9.59 Å². The molecule has 0 atom stereocenters. The van der Waals surface area contributed by atoms with E-state index < -0.39 is 6.09 Å². The maximum atomic E-state index is 11.9. The van der Waals surface area contributed by atoms with Gasteiger partial charge in [-0.3, -0.25) is 4.79 Å². The second-order valence-corrected chi connectivity index (χ2v) is 4.81. The highest BCUT2D eigenvalue weighted by Crippen LogP contribution is 2.13. The van der Waals surface area contributed by atoms with Gasteiger partial charge in [-0.15, -0.1) is 0 Å². The first-order chi connectivity index (χ1) is 9.93. The van der Waals surface area contributed by atoms with Crippen molar-refractivity contribution in [3.05, 3.63) is 29.8 Å². The highest BCUT2D eigenvalue weighted by Gasteiger charge is 2.12. The summed E-state index contributed by atoms with van der Waals surface area (Å²) in [6.45, 7) is 2.88. The maximum absolute atomic E-state index is 11.9. The summed E-state index contributed by atoms with van der Waals surface area (Å²) in [6.07, 6.45) is -0.452. The molecular formula is C15H22N2O4. The van der Waals surface area contributed by atoms with Crippen LogP contribution in [0.4, 0.5) is 4.79 Å². The molecule has 0 radical (unpaired) electrons. The molecule has 21 heavy (non-hydrogen) atoms. The van der Waals surface area contributed by atoms with Gasteiger partial charge in [-0.05, 0) is 17.7 Å². The topological polar surface area (TPSA) is 59.1 Å². The molecule has 0 fully saturated rings. The number of benzene rings is 1. The zero-order chi connectivity index (χ0) is 15.8. The zero-order valence-electron chi connectivity index (χ0n) is 13.0. The van der Waals surface area contributed by atoms with Crippen molar-refractivity contribution in [2.45, 2.75) is 13.5 Å². The molecule has 116 valence electrons. The van der Waals surface area contributed by atoms with Gasteiger partial charge in [-0.1, -0.05) is 12.1 Å². The number of hydrogen-bond donors (Lipinski definition) is 0. The largest absolute Gasteiger partial charge is 0.415 e. The number of carbonyl (C=O) groups is 2. The van der Waals surface area contributed by atoms with Crippen LogP contribution in [-0.2, 0) is 16.1 Å². The molecule has 0 saturated heterocycles. The third-order valence-electron chi connectivity index (χ3n) is 3.06. The molecule has 0 aliphatic rings. The smallest absolute Gasteiger partial charge is 0.410 e. The Balaban J connectivity index is 2.46. The van der Waals surface area contributed by atoms with Gasteiger partial charge in [0.2, 0.25) is 5.91 Å². The molecule has 0 aromatic heterocycles. The van der Waals surface area contributed by atoms with Crippen molar-refractivity contribution in [2.24, 2.45) is 0 Å². The number of carbonyl (C=O) groups excluding carboxylic acids is 2. The monoisotopic (exact) mass is 294 g/mol. The molecule has 0 N–H and O–H groups in total. The third kappa shape index (κ3) is 5.83. The van der Waals surface area contributed by atoms with E-state index in [0.717, 1.165) is 5.56 Å². The Morgan fingerprint density at radius 1 is 1.05 bits per heavy atom. The fraction of sp³-hybridized carbons (Fsp3) is 0.467. The Labute approximate surface area is 125 Å². The molecule has 1 rings (SSSR count). The van der Waals surface area contributed by atoms with Crippen molar-refractivity contribution < 1.29 is 19.1 Å². The first kappa shape index (κ1) is 17.0. The second-order valence-electron chi connectivity index (χ2n) is 4.81. The minimum absolute atomic E-state index is 0.0366. The quantitative estimate of drug-likeness (QED) is 0.802. The molecule has 0 aliphatic heterocycles. The normalized spacial score (nSPS) is 10.1. The number of amides is 2. The van der Waals surface area contributed by atoms with Crippen LogP contribution in [0.3, 0.4) is 0 Å². The Morgan fingerprint density at radius 3 is 2.14 bits per heavy atom. The molecule has 0 bridgehead atoms. The summed E-state index contributed by atoms with van der Waals surface area (Å²) < 4.78 is 10.3. The molecule has 6 nitrogen and oxygen atoms in total. The van der Waals surface area contributed by atoms with Crippen LogP contribution in [-0.4, -0.2) is 56.1 Å². The van der Waals surface area contributed by atoms with Crippen molar-refractivity contribution in [3.63, 3.8) is 0 Å². The van der Waals surface area contributed by atoms with Crippen LogP contribution in [0.15, 0.2) is 24.3 Å². The molecule has 2 amide bonds. The Morgan fingerprint density at radius 2 is 1.62 bits per heavy atom. The lowest BCUT2D eigenvalue weighted by Crippen LogP contribution is -2.37. The van der Waals surface area contributed by atoms with Gasteiger partial charge < -0.3 is 19.3 Å². The summed E-state index contributed by atoms with van der Waals surface area (Å²) in [5, 5.41) is 0. The summed E-state index contributed by atoms with van der Waals surface area (Å²) in [5.74, 6) is 0.442. The average Bonchev–Trinajstić information content (AvgIpc) is 2.46. The Kier molecular flexibility index (Phi) is 6.68. The number of methoxy groups -OCH3 is 1. The van der Waals surface area contributed by atoms with Crippen LogP contribution in [0.2, 0.25) is 0 Å². The number of rotatable bonds is 6. The van der Waals surface area contributed by atoms with Crippen molar-refractivity contribution in [3.8, 4) is 5.75 Å². The van der Waals surface area contributed by atoms with Crippen LogP contribution < -0.4 is 4.74 Å². The molecule has 6 heteroatoms. The van der Waals surface area contributed by atoms with Crippen molar-refractivity contribution >= 4 is 12.0 Å². The highest BCUT2D eigenvalue weighted by atomic mass is 16.6. The fourth-order valence-electron chi connectivity index (χ4n) is 1.55. The van der Waals surface area contributed by atoms with Gasteiger partial charge in [0.25, 0.3) is 0 Å². The first-order valence-corrected chi connectivity index (χ1v) is 6.66. The first-order valence-electron chi connectivity index (χ1n) is 6.66. The van der Waals surface area contributed by atoms with E-state index in [4.69, 9.17) is 9.47 Å². The van der Waals surface area contributed by atoms with Crippen LogP contribution in [0.5, 0.6) is 5.75 Å². The lowest BCUT2D eigenvalue weighted by atomic mass is 10.2. The van der Waals surface area contributed by atoms with Crippen LogP contribution in [0.25, 0.3) is 0 Å². The lowest BCUT2D eigenvalue weighted by Gasteiger charge is -2.21. The summed E-state index contributed by atoms with van der Waals surface area (Å²) in [4.78, 5) is 25.9. The molecule has 0 aliphatic carbocycles. The molecule has 1 aromatic rings. The van der Waals surface area contributed by atoms with Gasteiger partial charge in [0.05, 0.1) is 6.61 Å². The third-order valence-corrected chi connectivity index (χ3v) is 3.06. The molecule has 0 heterocycles. The molecule has 0 unspecified atom stereocenters. The number of ether oxygens (including phenoxy) is 2. The van der Waals surface area contributed by atoms with E-state index in [-0.39, 0.29) is 5.91 Å². The Hall–Kier alpha value is -2.08. The molecule has 1 aromatic carbocycles. The summed E-state index contributed by atoms with van der Waals surface area (Å²) in [5.41, 5.74) is 1.01. The number of hydrogen-bond acceptors (Lipinski definition) is 4. The summed E-state index contributed by atoms with van der Waals surface area (Å²) >= 11 is 0. The predicted molar refractivity (Wildman–Crippen MR) is 79.1 cm³/mol. The summed E-state index contributed by atoms with van der Waals surface area (Å²) in [7, 11) is 4.95. The average molecular weight is 294 g/mol. The SMILES string of the molecule is COCc1ccc(OC(=O)N(C)CCN(C)C(C)=O)cc1. The van der Waals surface area contributed by atoms with Gasteiger partial charge in [-0.2, -0.15) is 0 Å². The maximum Gasteiger partial charge on any atom is 0.415 e. The number of nitrogens with zero attached hydrogens (tertiary/aromatic N) is 2. The van der Waals surface area contributed by atoms with Crippen LogP contribution in [0.1, 0.15) is 12.5 Å². The minimum Gasteiger partial charge on any atom is -0.410 e. The van der Waals surface area contributed by atoms with Gasteiger partial charge in [-0.25, -0.2) is 4.79 Å². The molecule has 0 saturated carbocycles. The Bertz CT molecular complexity index is 473. The van der Waals surface area contributed by atoms with Gasteiger partial charge in [0.15, 0.2) is 0 Å². The van der Waals surface area contributed by atoms with Crippen molar-refractivity contribution in [1.82, 2.24) is 9.80 Å². The van der Waals surface area contributed by atoms with Gasteiger partial charge in [0.1, 0.15) is 5.75 Å². The molecule has 0 spiro atoms. The standard InChI is InChI=1S/C15H22N2O4/c1-12(18)16(2)9-10-17(3)15(19)21-14-7-5-13(6-8-14)11-20-4/h5-8H,9-11H2,1-4H3.